The maximum absolute atomic E-state index is 12.8. The van der Waals surface area contributed by atoms with Crippen molar-refractivity contribution in [1.82, 2.24) is 10.3 Å². The summed E-state index contributed by atoms with van der Waals surface area (Å²) in [5.74, 6) is 1.72. The highest BCUT2D eigenvalue weighted by Gasteiger charge is 2.39. The Labute approximate surface area is 164 Å². The first-order valence-corrected chi connectivity index (χ1v) is 10.7. The van der Waals surface area contributed by atoms with E-state index in [9.17, 15) is 4.79 Å². The number of carbonyl (C=O) groups excluding carboxylic acids is 1. The minimum absolute atomic E-state index is 0.0117. The first-order chi connectivity index (χ1) is 13.1. The predicted molar refractivity (Wildman–Crippen MR) is 107 cm³/mol. The number of hydrogen-bond donors (Lipinski definition) is 2. The molecule has 0 aliphatic heterocycles. The number of hydrogen-bond acceptors (Lipinski definition) is 5. The maximum atomic E-state index is 12.8. The van der Waals surface area contributed by atoms with Crippen LogP contribution in [0.4, 0.5) is 0 Å². The summed E-state index contributed by atoms with van der Waals surface area (Å²) in [5, 5.41) is 6.33. The van der Waals surface area contributed by atoms with E-state index in [1.165, 1.54) is 19.3 Å². The summed E-state index contributed by atoms with van der Waals surface area (Å²) in [6.45, 7) is 2.40. The average Bonchev–Trinajstić information content (AvgIpc) is 3.06. The van der Waals surface area contributed by atoms with E-state index >= 15 is 0 Å². The van der Waals surface area contributed by atoms with Crippen molar-refractivity contribution in [2.24, 2.45) is 17.6 Å². The van der Waals surface area contributed by atoms with Crippen molar-refractivity contribution in [3.05, 3.63) is 45.9 Å². The summed E-state index contributed by atoms with van der Waals surface area (Å²) in [4.78, 5) is 17.2. The second-order valence-electron chi connectivity index (χ2n) is 7.86. The zero-order valence-electron chi connectivity index (χ0n) is 15.7. The summed E-state index contributed by atoms with van der Waals surface area (Å²) in [6.07, 6.45) is 5.65. The SMILES string of the molecule is Cc1nc(COc2cccc(C(=O)NC3C4CCCC3CC(N)C4)c2)cs1. The highest BCUT2D eigenvalue weighted by molar-refractivity contribution is 7.09. The lowest BCUT2D eigenvalue weighted by Gasteiger charge is -2.45. The normalized spacial score (nSPS) is 27.2. The van der Waals surface area contributed by atoms with Gasteiger partial charge in [-0.15, -0.1) is 11.3 Å². The minimum atomic E-state index is -0.0117. The Morgan fingerprint density at radius 3 is 2.81 bits per heavy atom. The van der Waals surface area contributed by atoms with Crippen LogP contribution in [0.5, 0.6) is 5.75 Å². The molecule has 2 bridgehead atoms. The van der Waals surface area contributed by atoms with Gasteiger partial charge in [0.2, 0.25) is 0 Å². The predicted octanol–water partition coefficient (Wildman–Crippen LogP) is 3.67. The van der Waals surface area contributed by atoms with Crippen LogP contribution < -0.4 is 15.8 Å². The number of thiazole rings is 1. The van der Waals surface area contributed by atoms with E-state index in [0.29, 0.717) is 35.8 Å². The van der Waals surface area contributed by atoms with E-state index in [0.717, 1.165) is 23.5 Å². The van der Waals surface area contributed by atoms with Crippen LogP contribution in [0.3, 0.4) is 0 Å². The Bertz CT molecular complexity index is 792. The second-order valence-corrected chi connectivity index (χ2v) is 8.92. The van der Waals surface area contributed by atoms with E-state index in [1.807, 2.05) is 36.6 Å². The number of aryl methyl sites for hydroxylation is 1. The number of aromatic nitrogens is 1. The van der Waals surface area contributed by atoms with Crippen LogP contribution in [0.15, 0.2) is 29.6 Å². The van der Waals surface area contributed by atoms with Gasteiger partial charge in [-0.2, -0.15) is 0 Å². The summed E-state index contributed by atoms with van der Waals surface area (Å²) in [5.41, 5.74) is 7.76. The lowest BCUT2D eigenvalue weighted by molar-refractivity contribution is 0.0755. The number of benzene rings is 1. The smallest absolute Gasteiger partial charge is 0.251 e. The number of nitrogens with one attached hydrogen (secondary N) is 1. The fraction of sp³-hybridized carbons (Fsp3) is 0.524. The number of ether oxygens (including phenoxy) is 1. The van der Waals surface area contributed by atoms with Crippen LogP contribution in [-0.2, 0) is 6.61 Å². The number of fused-ring (bicyclic) bond motifs is 2. The summed E-state index contributed by atoms with van der Waals surface area (Å²) < 4.78 is 5.82. The van der Waals surface area contributed by atoms with Crippen molar-refractivity contribution in [3.8, 4) is 5.75 Å². The Morgan fingerprint density at radius 1 is 1.33 bits per heavy atom. The quantitative estimate of drug-likeness (QED) is 0.823. The number of nitrogens with two attached hydrogens (primary N) is 1. The lowest BCUT2D eigenvalue weighted by atomic mass is 9.67. The van der Waals surface area contributed by atoms with Crippen molar-refractivity contribution in [2.45, 2.75) is 57.7 Å². The molecular weight excluding hydrogens is 358 g/mol. The van der Waals surface area contributed by atoms with Gasteiger partial charge in [-0.1, -0.05) is 12.5 Å². The van der Waals surface area contributed by atoms with Crippen molar-refractivity contribution >= 4 is 17.2 Å². The molecule has 144 valence electrons. The number of nitrogens with zero attached hydrogens (tertiary/aromatic N) is 1. The molecule has 2 atom stereocenters. The Kier molecular flexibility index (Phi) is 5.45. The molecular formula is C21H27N3O2S. The van der Waals surface area contributed by atoms with Gasteiger partial charge in [-0.05, 0) is 62.6 Å². The fourth-order valence-corrected chi connectivity index (χ4v) is 5.22. The molecule has 0 saturated heterocycles. The molecule has 5 nitrogen and oxygen atoms in total. The molecule has 1 aromatic heterocycles. The molecule has 1 amide bonds. The Hall–Kier alpha value is -1.92. The fourth-order valence-electron chi connectivity index (χ4n) is 4.62. The summed E-state index contributed by atoms with van der Waals surface area (Å²) in [6, 6.07) is 7.96. The molecule has 1 heterocycles. The van der Waals surface area contributed by atoms with Gasteiger partial charge in [0.1, 0.15) is 12.4 Å². The summed E-state index contributed by atoms with van der Waals surface area (Å²) in [7, 11) is 0. The topological polar surface area (TPSA) is 77.2 Å². The minimum Gasteiger partial charge on any atom is -0.487 e. The van der Waals surface area contributed by atoms with Gasteiger partial charge in [0.25, 0.3) is 5.91 Å². The van der Waals surface area contributed by atoms with Crippen molar-refractivity contribution in [3.63, 3.8) is 0 Å². The number of carbonyl (C=O) groups is 1. The molecule has 6 heteroatoms. The molecule has 4 rings (SSSR count). The highest BCUT2D eigenvalue weighted by atomic mass is 32.1. The van der Waals surface area contributed by atoms with E-state index < -0.39 is 0 Å². The molecule has 2 saturated carbocycles. The molecule has 0 spiro atoms. The molecule has 2 aliphatic carbocycles. The third-order valence-electron chi connectivity index (χ3n) is 5.82. The largest absolute Gasteiger partial charge is 0.487 e. The van der Waals surface area contributed by atoms with E-state index in [4.69, 9.17) is 10.5 Å². The summed E-state index contributed by atoms with van der Waals surface area (Å²) >= 11 is 1.61. The zero-order valence-corrected chi connectivity index (χ0v) is 16.5. The van der Waals surface area contributed by atoms with Crippen molar-refractivity contribution < 1.29 is 9.53 Å². The van der Waals surface area contributed by atoms with E-state index in [-0.39, 0.29) is 11.9 Å². The first kappa shape index (κ1) is 18.4. The van der Waals surface area contributed by atoms with Crippen molar-refractivity contribution in [1.29, 1.82) is 0 Å². The van der Waals surface area contributed by atoms with E-state index in [2.05, 4.69) is 10.3 Å². The molecule has 27 heavy (non-hydrogen) atoms. The van der Waals surface area contributed by atoms with Crippen LogP contribution in [0.25, 0.3) is 0 Å². The lowest BCUT2D eigenvalue weighted by Crippen LogP contribution is -2.53. The third-order valence-corrected chi connectivity index (χ3v) is 6.65. The molecule has 2 aromatic rings. The molecule has 3 N–H and O–H groups in total. The van der Waals surface area contributed by atoms with Crippen LogP contribution in [0.1, 0.15) is 53.2 Å². The second kappa shape index (κ2) is 7.98. The molecule has 2 fully saturated rings. The van der Waals surface area contributed by atoms with Crippen LogP contribution in [0, 0.1) is 18.8 Å². The van der Waals surface area contributed by atoms with Gasteiger partial charge < -0.3 is 15.8 Å². The zero-order chi connectivity index (χ0) is 18.8. The third kappa shape index (κ3) is 4.33. The Balaban J connectivity index is 1.40. The van der Waals surface area contributed by atoms with Crippen LogP contribution in [0.2, 0.25) is 0 Å². The molecule has 2 aliphatic rings. The monoisotopic (exact) mass is 385 g/mol. The van der Waals surface area contributed by atoms with Crippen LogP contribution >= 0.6 is 11.3 Å². The molecule has 2 unspecified atom stereocenters. The van der Waals surface area contributed by atoms with Crippen molar-refractivity contribution in [2.75, 3.05) is 0 Å². The van der Waals surface area contributed by atoms with Gasteiger partial charge in [0.15, 0.2) is 0 Å². The van der Waals surface area contributed by atoms with Gasteiger partial charge >= 0.3 is 0 Å². The molecule has 1 aromatic carbocycles. The van der Waals surface area contributed by atoms with Crippen LogP contribution in [-0.4, -0.2) is 23.0 Å². The number of rotatable bonds is 5. The maximum Gasteiger partial charge on any atom is 0.251 e. The highest BCUT2D eigenvalue weighted by Crippen LogP contribution is 2.39. The van der Waals surface area contributed by atoms with Gasteiger partial charge in [-0.25, -0.2) is 4.98 Å². The Morgan fingerprint density at radius 2 is 2.11 bits per heavy atom. The van der Waals surface area contributed by atoms with Gasteiger partial charge in [0.05, 0.1) is 10.7 Å². The standard InChI is InChI=1S/C21H27N3O2S/c1-13-23-18(12-27-13)11-26-19-7-3-6-16(10-19)21(25)24-20-14-4-2-5-15(20)9-17(22)8-14/h3,6-7,10,12,14-15,17,20H,2,4-5,8-9,11,22H2,1H3,(H,24,25). The van der Waals surface area contributed by atoms with Gasteiger partial charge in [-0.3, -0.25) is 4.79 Å². The average molecular weight is 386 g/mol. The first-order valence-electron chi connectivity index (χ1n) is 9.79. The molecule has 0 radical (unpaired) electrons. The van der Waals surface area contributed by atoms with Gasteiger partial charge in [0, 0.05) is 23.0 Å². The van der Waals surface area contributed by atoms with E-state index in [1.54, 1.807) is 11.3 Å². The number of amides is 1.